The van der Waals surface area contributed by atoms with Gasteiger partial charge >= 0.3 is 0 Å². The predicted octanol–water partition coefficient (Wildman–Crippen LogP) is 2.60. The van der Waals surface area contributed by atoms with E-state index < -0.39 is 5.54 Å². The van der Waals surface area contributed by atoms with Gasteiger partial charge in [0.1, 0.15) is 11.4 Å². The minimum Gasteiger partial charge on any atom is -0.292 e. The quantitative estimate of drug-likeness (QED) is 0.780. The van der Waals surface area contributed by atoms with Gasteiger partial charge in [-0.05, 0) is 45.5 Å². The average molecular weight is 220 g/mol. The van der Waals surface area contributed by atoms with Crippen molar-refractivity contribution in [3.63, 3.8) is 0 Å². The molecule has 0 heterocycles. The first-order valence-electron chi connectivity index (χ1n) is 5.32. The van der Waals surface area contributed by atoms with E-state index in [1.165, 1.54) is 6.07 Å². The normalized spacial score (nSPS) is 14.5. The van der Waals surface area contributed by atoms with Gasteiger partial charge in [0.25, 0.3) is 0 Å². The second-order valence-corrected chi connectivity index (χ2v) is 4.37. The van der Waals surface area contributed by atoms with Gasteiger partial charge in [-0.1, -0.05) is 18.2 Å². The maximum Gasteiger partial charge on any atom is 0.126 e. The number of hydrogen-bond donors (Lipinski definition) is 0. The van der Waals surface area contributed by atoms with Crippen molar-refractivity contribution in [1.82, 2.24) is 4.90 Å². The molecule has 1 aromatic rings. The smallest absolute Gasteiger partial charge is 0.126 e. The summed E-state index contributed by atoms with van der Waals surface area (Å²) in [6.07, 6.45) is 1.20. The van der Waals surface area contributed by atoms with Crippen molar-refractivity contribution in [2.75, 3.05) is 14.1 Å². The average Bonchev–Trinajstić information content (AvgIpc) is 2.27. The number of halogens is 1. The summed E-state index contributed by atoms with van der Waals surface area (Å²) < 4.78 is 13.4. The van der Waals surface area contributed by atoms with Gasteiger partial charge in [0.05, 0.1) is 6.07 Å². The van der Waals surface area contributed by atoms with Gasteiger partial charge in [-0.3, -0.25) is 4.90 Å². The van der Waals surface area contributed by atoms with Gasteiger partial charge in [0, 0.05) is 0 Å². The molecule has 0 spiro atoms. The molecule has 0 amide bonds. The Kier molecular flexibility index (Phi) is 4.03. The molecule has 86 valence electrons. The highest BCUT2D eigenvalue weighted by Crippen LogP contribution is 2.19. The highest BCUT2D eigenvalue weighted by atomic mass is 19.1. The summed E-state index contributed by atoms with van der Waals surface area (Å²) in [5.74, 6) is -0.193. The van der Waals surface area contributed by atoms with Gasteiger partial charge in [-0.15, -0.1) is 0 Å². The van der Waals surface area contributed by atoms with Crippen LogP contribution in [0.5, 0.6) is 0 Å². The SMILES string of the molecule is CN(C)C(C)(C#N)CCc1ccccc1F. The van der Waals surface area contributed by atoms with Gasteiger partial charge in [0.2, 0.25) is 0 Å². The number of hydrogen-bond acceptors (Lipinski definition) is 2. The third kappa shape index (κ3) is 2.80. The second-order valence-electron chi connectivity index (χ2n) is 4.37. The zero-order valence-electron chi connectivity index (χ0n) is 10.00. The lowest BCUT2D eigenvalue weighted by Gasteiger charge is -2.29. The van der Waals surface area contributed by atoms with Crippen molar-refractivity contribution in [2.24, 2.45) is 0 Å². The molecule has 16 heavy (non-hydrogen) atoms. The molecule has 0 bridgehead atoms. The molecular formula is C13H17FN2. The first-order chi connectivity index (χ1) is 7.49. The Morgan fingerprint density at radius 3 is 2.50 bits per heavy atom. The van der Waals surface area contributed by atoms with Crippen LogP contribution in [-0.4, -0.2) is 24.5 Å². The Bertz CT molecular complexity index is 395. The van der Waals surface area contributed by atoms with Crippen LogP contribution in [-0.2, 0) is 6.42 Å². The van der Waals surface area contributed by atoms with E-state index >= 15 is 0 Å². The molecule has 1 atom stereocenters. The highest BCUT2D eigenvalue weighted by molar-refractivity contribution is 5.18. The summed E-state index contributed by atoms with van der Waals surface area (Å²) in [5, 5.41) is 9.12. The lowest BCUT2D eigenvalue weighted by molar-refractivity contribution is 0.223. The molecule has 0 aromatic heterocycles. The Labute approximate surface area is 96.3 Å². The summed E-state index contributed by atoms with van der Waals surface area (Å²) in [7, 11) is 3.73. The fraction of sp³-hybridized carbons (Fsp3) is 0.462. The van der Waals surface area contributed by atoms with Crippen molar-refractivity contribution < 1.29 is 4.39 Å². The van der Waals surface area contributed by atoms with Gasteiger partial charge in [-0.2, -0.15) is 5.26 Å². The summed E-state index contributed by atoms with van der Waals surface area (Å²) >= 11 is 0. The van der Waals surface area contributed by atoms with E-state index in [1.54, 1.807) is 12.1 Å². The predicted molar refractivity (Wildman–Crippen MR) is 62.4 cm³/mol. The van der Waals surface area contributed by atoms with E-state index in [2.05, 4.69) is 6.07 Å². The van der Waals surface area contributed by atoms with E-state index in [-0.39, 0.29) is 5.82 Å². The fourth-order valence-electron chi connectivity index (χ4n) is 1.46. The first-order valence-corrected chi connectivity index (χ1v) is 5.32. The van der Waals surface area contributed by atoms with Crippen LogP contribution in [0.4, 0.5) is 4.39 Å². The molecule has 0 aliphatic heterocycles. The maximum atomic E-state index is 13.4. The summed E-state index contributed by atoms with van der Waals surface area (Å²) in [6.45, 7) is 1.87. The van der Waals surface area contributed by atoms with Gasteiger partial charge < -0.3 is 0 Å². The molecule has 3 heteroatoms. The maximum absolute atomic E-state index is 13.4. The van der Waals surface area contributed by atoms with E-state index in [9.17, 15) is 4.39 Å². The molecule has 0 N–H and O–H groups in total. The number of rotatable bonds is 4. The topological polar surface area (TPSA) is 27.0 Å². The third-order valence-corrected chi connectivity index (χ3v) is 3.07. The molecular weight excluding hydrogens is 203 g/mol. The van der Waals surface area contributed by atoms with Crippen LogP contribution in [0.25, 0.3) is 0 Å². The number of benzene rings is 1. The van der Waals surface area contributed by atoms with Crippen LogP contribution in [0.15, 0.2) is 24.3 Å². The van der Waals surface area contributed by atoms with Crippen molar-refractivity contribution in [2.45, 2.75) is 25.3 Å². The molecule has 1 rings (SSSR count). The van der Waals surface area contributed by atoms with Crippen LogP contribution < -0.4 is 0 Å². The molecule has 0 radical (unpaired) electrons. The van der Waals surface area contributed by atoms with E-state index in [1.807, 2.05) is 32.0 Å². The zero-order valence-corrected chi connectivity index (χ0v) is 10.00. The lowest BCUT2D eigenvalue weighted by Crippen LogP contribution is -2.40. The summed E-state index contributed by atoms with van der Waals surface area (Å²) in [4.78, 5) is 1.87. The van der Waals surface area contributed by atoms with Crippen molar-refractivity contribution in [1.29, 1.82) is 5.26 Å². The van der Waals surface area contributed by atoms with Crippen LogP contribution in [0.1, 0.15) is 18.9 Å². The number of aryl methyl sites for hydroxylation is 1. The van der Waals surface area contributed by atoms with Crippen molar-refractivity contribution >= 4 is 0 Å². The molecule has 0 fully saturated rings. The van der Waals surface area contributed by atoms with Crippen LogP contribution >= 0.6 is 0 Å². The Morgan fingerprint density at radius 1 is 1.38 bits per heavy atom. The molecule has 2 nitrogen and oxygen atoms in total. The largest absolute Gasteiger partial charge is 0.292 e. The number of nitriles is 1. The standard InChI is InChI=1S/C13H17FN2/c1-13(10-15,16(2)3)9-8-11-6-4-5-7-12(11)14/h4-7H,8-9H2,1-3H3. The van der Waals surface area contributed by atoms with Crippen molar-refractivity contribution in [3.05, 3.63) is 35.6 Å². The molecule has 1 unspecified atom stereocenters. The van der Waals surface area contributed by atoms with Crippen molar-refractivity contribution in [3.8, 4) is 6.07 Å². The molecule has 0 saturated heterocycles. The molecule has 1 aromatic carbocycles. The first kappa shape index (κ1) is 12.7. The van der Waals surface area contributed by atoms with Crippen LogP contribution in [0, 0.1) is 17.1 Å². The van der Waals surface area contributed by atoms with E-state index in [4.69, 9.17) is 5.26 Å². The molecule has 0 aliphatic carbocycles. The summed E-state index contributed by atoms with van der Waals surface area (Å²) in [6, 6.07) is 8.98. The second kappa shape index (κ2) is 5.09. The minimum absolute atomic E-state index is 0.193. The zero-order chi connectivity index (χ0) is 12.2. The third-order valence-electron chi connectivity index (χ3n) is 3.07. The van der Waals surface area contributed by atoms with Gasteiger partial charge in [-0.25, -0.2) is 4.39 Å². The Balaban J connectivity index is 2.72. The summed E-state index contributed by atoms with van der Waals surface area (Å²) in [5.41, 5.74) is 0.133. The Morgan fingerprint density at radius 2 is 2.00 bits per heavy atom. The van der Waals surface area contributed by atoms with E-state index in [0.29, 0.717) is 18.4 Å². The van der Waals surface area contributed by atoms with Crippen LogP contribution in [0.3, 0.4) is 0 Å². The fourth-order valence-corrected chi connectivity index (χ4v) is 1.46. The highest BCUT2D eigenvalue weighted by Gasteiger charge is 2.26. The molecule has 0 saturated carbocycles. The number of nitrogens with zero attached hydrogens (tertiary/aromatic N) is 2. The lowest BCUT2D eigenvalue weighted by atomic mass is 9.93. The minimum atomic E-state index is -0.539. The van der Waals surface area contributed by atoms with Crippen LogP contribution in [0.2, 0.25) is 0 Å². The molecule has 0 aliphatic rings. The Hall–Kier alpha value is -1.40. The monoisotopic (exact) mass is 220 g/mol. The van der Waals surface area contributed by atoms with E-state index in [0.717, 1.165) is 0 Å². The van der Waals surface area contributed by atoms with Gasteiger partial charge in [0.15, 0.2) is 0 Å².